The highest BCUT2D eigenvalue weighted by molar-refractivity contribution is 9.10. The third-order valence-electron chi connectivity index (χ3n) is 1.39. The van der Waals surface area contributed by atoms with E-state index in [4.69, 9.17) is 5.26 Å². The number of benzene rings is 1. The summed E-state index contributed by atoms with van der Waals surface area (Å²) in [6.07, 6.45) is 0. The van der Waals surface area contributed by atoms with E-state index in [0.29, 0.717) is 0 Å². The SMILES string of the molecule is C=C(C#N)c1cc(Br)ccc1F. The summed E-state index contributed by atoms with van der Waals surface area (Å²) in [6.45, 7) is 3.42. The lowest BCUT2D eigenvalue weighted by molar-refractivity contribution is 0.624. The fourth-order valence-corrected chi connectivity index (χ4v) is 1.15. The van der Waals surface area contributed by atoms with Gasteiger partial charge in [-0.05, 0) is 18.2 Å². The molecule has 0 aliphatic heterocycles. The summed E-state index contributed by atoms with van der Waals surface area (Å²) in [5.74, 6) is -0.426. The quantitative estimate of drug-likeness (QED) is 0.675. The van der Waals surface area contributed by atoms with E-state index in [-0.39, 0.29) is 11.1 Å². The van der Waals surface area contributed by atoms with E-state index in [0.717, 1.165) is 4.47 Å². The molecule has 0 unspecified atom stereocenters. The molecule has 0 atom stereocenters. The van der Waals surface area contributed by atoms with Gasteiger partial charge in [0.15, 0.2) is 0 Å². The Morgan fingerprint density at radius 1 is 1.58 bits per heavy atom. The first-order valence-electron chi connectivity index (χ1n) is 3.19. The molecular formula is C9H5BrFN. The minimum absolute atomic E-state index is 0.133. The molecule has 0 heterocycles. The van der Waals surface area contributed by atoms with E-state index in [1.807, 2.05) is 0 Å². The van der Waals surface area contributed by atoms with Crippen LogP contribution in [-0.4, -0.2) is 0 Å². The summed E-state index contributed by atoms with van der Waals surface area (Å²) < 4.78 is 13.7. The zero-order chi connectivity index (χ0) is 9.14. The molecule has 0 amide bonds. The smallest absolute Gasteiger partial charge is 0.131 e. The topological polar surface area (TPSA) is 23.8 Å². The summed E-state index contributed by atoms with van der Waals surface area (Å²) >= 11 is 3.18. The van der Waals surface area contributed by atoms with Gasteiger partial charge in [-0.25, -0.2) is 4.39 Å². The van der Waals surface area contributed by atoms with Crippen molar-refractivity contribution in [1.29, 1.82) is 5.26 Å². The lowest BCUT2D eigenvalue weighted by atomic mass is 10.1. The number of hydrogen-bond donors (Lipinski definition) is 0. The first-order chi connectivity index (χ1) is 5.65. The van der Waals surface area contributed by atoms with Crippen molar-refractivity contribution in [2.45, 2.75) is 0 Å². The maximum Gasteiger partial charge on any atom is 0.131 e. The van der Waals surface area contributed by atoms with Gasteiger partial charge in [-0.15, -0.1) is 0 Å². The molecule has 1 aromatic rings. The Morgan fingerprint density at radius 3 is 2.83 bits per heavy atom. The average Bonchev–Trinajstić information content (AvgIpc) is 2.08. The summed E-state index contributed by atoms with van der Waals surface area (Å²) in [5, 5.41) is 8.47. The lowest BCUT2D eigenvalue weighted by Crippen LogP contribution is -1.86. The second-order valence-corrected chi connectivity index (χ2v) is 3.13. The normalized spacial score (nSPS) is 9.08. The predicted octanol–water partition coefficient (Wildman–Crippen LogP) is 3.12. The Labute approximate surface area is 78.3 Å². The summed E-state index contributed by atoms with van der Waals surface area (Å²) in [7, 11) is 0. The third kappa shape index (κ3) is 1.72. The van der Waals surface area contributed by atoms with E-state index in [9.17, 15) is 4.39 Å². The maximum atomic E-state index is 13.0. The van der Waals surface area contributed by atoms with Crippen molar-refractivity contribution < 1.29 is 4.39 Å². The van der Waals surface area contributed by atoms with E-state index in [1.165, 1.54) is 12.1 Å². The Bertz CT molecular complexity index is 365. The monoisotopic (exact) mass is 225 g/mol. The van der Waals surface area contributed by atoms with Gasteiger partial charge in [-0.3, -0.25) is 0 Å². The lowest BCUT2D eigenvalue weighted by Gasteiger charge is -1.99. The largest absolute Gasteiger partial charge is 0.206 e. The zero-order valence-electron chi connectivity index (χ0n) is 6.14. The molecule has 0 saturated heterocycles. The molecule has 12 heavy (non-hydrogen) atoms. The van der Waals surface area contributed by atoms with Gasteiger partial charge >= 0.3 is 0 Å². The molecular weight excluding hydrogens is 221 g/mol. The van der Waals surface area contributed by atoms with Crippen LogP contribution in [0.2, 0.25) is 0 Å². The van der Waals surface area contributed by atoms with Crippen LogP contribution in [0.25, 0.3) is 5.57 Å². The van der Waals surface area contributed by atoms with Gasteiger partial charge in [0.05, 0.1) is 11.6 Å². The van der Waals surface area contributed by atoms with E-state index in [2.05, 4.69) is 22.5 Å². The van der Waals surface area contributed by atoms with Gasteiger partial charge < -0.3 is 0 Å². The summed E-state index contributed by atoms with van der Waals surface area (Å²) in [4.78, 5) is 0. The molecule has 0 saturated carbocycles. The molecule has 0 spiro atoms. The molecule has 0 radical (unpaired) electrons. The molecule has 0 fully saturated rings. The standard InChI is InChI=1S/C9H5BrFN/c1-6(5-12)8-4-7(10)2-3-9(8)11/h2-4H,1H2. The fourth-order valence-electron chi connectivity index (χ4n) is 0.789. The Balaban J connectivity index is 3.25. The first-order valence-corrected chi connectivity index (χ1v) is 3.99. The molecule has 1 aromatic carbocycles. The highest BCUT2D eigenvalue weighted by atomic mass is 79.9. The van der Waals surface area contributed by atoms with Crippen molar-refractivity contribution in [2.24, 2.45) is 0 Å². The van der Waals surface area contributed by atoms with Crippen molar-refractivity contribution in [1.82, 2.24) is 0 Å². The molecule has 0 bridgehead atoms. The van der Waals surface area contributed by atoms with Crippen LogP contribution in [0.15, 0.2) is 29.3 Å². The number of nitriles is 1. The Hall–Kier alpha value is -1.14. The van der Waals surface area contributed by atoms with E-state index < -0.39 is 5.82 Å². The minimum atomic E-state index is -0.426. The second kappa shape index (κ2) is 3.51. The Morgan fingerprint density at radius 2 is 2.25 bits per heavy atom. The molecule has 1 rings (SSSR count). The summed E-state index contributed by atoms with van der Waals surface area (Å²) in [5.41, 5.74) is 0.376. The van der Waals surface area contributed by atoms with Gasteiger partial charge in [-0.2, -0.15) is 5.26 Å². The molecule has 60 valence electrons. The third-order valence-corrected chi connectivity index (χ3v) is 1.88. The highest BCUT2D eigenvalue weighted by Gasteiger charge is 2.05. The predicted molar refractivity (Wildman–Crippen MR) is 48.7 cm³/mol. The van der Waals surface area contributed by atoms with Crippen molar-refractivity contribution in [2.75, 3.05) is 0 Å². The van der Waals surface area contributed by atoms with Gasteiger partial charge in [-0.1, -0.05) is 22.5 Å². The van der Waals surface area contributed by atoms with E-state index >= 15 is 0 Å². The van der Waals surface area contributed by atoms with Crippen LogP contribution in [0.3, 0.4) is 0 Å². The number of hydrogen-bond acceptors (Lipinski definition) is 1. The van der Waals surface area contributed by atoms with Crippen LogP contribution in [-0.2, 0) is 0 Å². The number of allylic oxidation sites excluding steroid dienone is 1. The zero-order valence-corrected chi connectivity index (χ0v) is 7.73. The average molecular weight is 226 g/mol. The van der Waals surface area contributed by atoms with Gasteiger partial charge in [0, 0.05) is 10.0 Å². The number of halogens is 2. The second-order valence-electron chi connectivity index (χ2n) is 2.21. The fraction of sp³-hybridized carbons (Fsp3) is 0. The van der Waals surface area contributed by atoms with Crippen molar-refractivity contribution in [3.05, 3.63) is 40.6 Å². The van der Waals surface area contributed by atoms with Gasteiger partial charge in [0.2, 0.25) is 0 Å². The van der Waals surface area contributed by atoms with Crippen molar-refractivity contribution >= 4 is 21.5 Å². The van der Waals surface area contributed by atoms with Crippen LogP contribution < -0.4 is 0 Å². The summed E-state index contributed by atoms with van der Waals surface area (Å²) in [6, 6.07) is 6.19. The Kier molecular flexibility index (Phi) is 2.61. The van der Waals surface area contributed by atoms with Crippen LogP contribution in [0.5, 0.6) is 0 Å². The molecule has 0 aliphatic rings. The van der Waals surface area contributed by atoms with Crippen molar-refractivity contribution in [3.63, 3.8) is 0 Å². The van der Waals surface area contributed by atoms with E-state index in [1.54, 1.807) is 12.1 Å². The maximum absolute atomic E-state index is 13.0. The highest BCUT2D eigenvalue weighted by Crippen LogP contribution is 2.20. The molecule has 1 nitrogen and oxygen atoms in total. The first kappa shape index (κ1) is 8.95. The number of rotatable bonds is 1. The van der Waals surface area contributed by atoms with Crippen LogP contribution in [0.1, 0.15) is 5.56 Å². The van der Waals surface area contributed by atoms with Gasteiger partial charge in [0.1, 0.15) is 5.82 Å². The molecule has 3 heteroatoms. The van der Waals surface area contributed by atoms with Crippen molar-refractivity contribution in [3.8, 4) is 6.07 Å². The van der Waals surface area contributed by atoms with Gasteiger partial charge in [0.25, 0.3) is 0 Å². The minimum Gasteiger partial charge on any atom is -0.206 e. The molecule has 0 aliphatic carbocycles. The van der Waals surface area contributed by atoms with Crippen LogP contribution in [0, 0.1) is 17.1 Å². The van der Waals surface area contributed by atoms with Crippen LogP contribution in [0.4, 0.5) is 4.39 Å². The molecule has 0 aromatic heterocycles. The number of nitrogens with zero attached hydrogens (tertiary/aromatic N) is 1. The van der Waals surface area contributed by atoms with Crippen LogP contribution >= 0.6 is 15.9 Å². The molecule has 0 N–H and O–H groups in total.